The number of hydrogen-bond acceptors (Lipinski definition) is 10. The van der Waals surface area contributed by atoms with E-state index in [4.69, 9.17) is 36.5 Å². The molecule has 1 atom stereocenters. The number of likely N-dealkylation sites (tertiary alicyclic amines) is 1. The average molecular weight is 587 g/mol. The maximum absolute atomic E-state index is 12.0. The van der Waals surface area contributed by atoms with Gasteiger partial charge in [-0.15, -0.1) is 0 Å². The second-order valence-corrected chi connectivity index (χ2v) is 11.3. The van der Waals surface area contributed by atoms with Crippen molar-refractivity contribution in [2.75, 3.05) is 58.4 Å². The number of benzene rings is 1. The summed E-state index contributed by atoms with van der Waals surface area (Å²) in [5.41, 5.74) is 2.35. The van der Waals surface area contributed by atoms with Crippen molar-refractivity contribution in [1.82, 2.24) is 20.2 Å². The Morgan fingerprint density at radius 3 is 2.51 bits per heavy atom. The highest BCUT2D eigenvalue weighted by molar-refractivity contribution is 6.34. The summed E-state index contributed by atoms with van der Waals surface area (Å²) < 4.78 is 10.7. The lowest BCUT2D eigenvalue weighted by molar-refractivity contribution is 0.0621. The molecule has 41 heavy (non-hydrogen) atoms. The number of hydrogen-bond donors (Lipinski definition) is 4. The summed E-state index contributed by atoms with van der Waals surface area (Å²) in [6, 6.07) is 5.30. The maximum Gasteiger partial charge on any atom is 0.409 e. The van der Waals surface area contributed by atoms with Gasteiger partial charge in [0.15, 0.2) is 5.82 Å². The van der Waals surface area contributed by atoms with Crippen LogP contribution in [0.15, 0.2) is 24.0 Å². The number of piperidine rings is 1. The minimum absolute atomic E-state index is 0.00633. The first kappa shape index (κ1) is 30.5. The van der Waals surface area contributed by atoms with Gasteiger partial charge >= 0.3 is 6.09 Å². The Morgan fingerprint density at radius 2 is 1.93 bits per heavy atom. The third kappa shape index (κ3) is 6.42. The van der Waals surface area contributed by atoms with Crippen LogP contribution in [-0.2, 0) is 4.74 Å². The minimum Gasteiger partial charge on any atom is -0.512 e. The van der Waals surface area contributed by atoms with Crippen LogP contribution in [0.1, 0.15) is 37.9 Å². The Morgan fingerprint density at radius 1 is 1.24 bits per heavy atom. The number of nitrogens with zero attached hydrogens (tertiary/aromatic N) is 4. The van der Waals surface area contributed by atoms with E-state index in [0.717, 1.165) is 31.5 Å². The molecule has 1 spiro atoms. The van der Waals surface area contributed by atoms with Crippen LogP contribution in [0.5, 0.6) is 5.75 Å². The summed E-state index contributed by atoms with van der Waals surface area (Å²) >= 11 is 6.79. The zero-order chi connectivity index (χ0) is 29.9. The average Bonchev–Trinajstić information content (AvgIpc) is 2.92. The van der Waals surface area contributed by atoms with Gasteiger partial charge in [0.2, 0.25) is 0 Å². The van der Waals surface area contributed by atoms with Gasteiger partial charge in [-0.05, 0) is 52.8 Å². The molecule has 222 valence electrons. The lowest BCUT2D eigenvalue weighted by Crippen LogP contribution is -2.61. The maximum atomic E-state index is 12.0. The first-order chi connectivity index (χ1) is 19.5. The number of carbonyl (C=O) groups is 1. The quantitative estimate of drug-likeness (QED) is 0.252. The summed E-state index contributed by atoms with van der Waals surface area (Å²) in [7, 11) is 3.15. The van der Waals surface area contributed by atoms with Crippen LogP contribution in [-0.4, -0.2) is 96.5 Å². The van der Waals surface area contributed by atoms with Crippen molar-refractivity contribution >= 4 is 34.8 Å². The van der Waals surface area contributed by atoms with Crippen molar-refractivity contribution in [2.24, 2.45) is 5.41 Å². The van der Waals surface area contributed by atoms with Gasteiger partial charge in [0, 0.05) is 55.0 Å². The highest BCUT2D eigenvalue weighted by atomic mass is 35.5. The Balaban J connectivity index is 1.69. The van der Waals surface area contributed by atoms with Crippen LogP contribution >= 0.6 is 11.6 Å². The number of rotatable bonds is 9. The number of carbonyl (C=O) groups excluding carboxylic acids is 1. The van der Waals surface area contributed by atoms with E-state index in [0.29, 0.717) is 58.9 Å². The number of ether oxygens (including phenoxy) is 2. The van der Waals surface area contributed by atoms with E-state index in [-0.39, 0.29) is 29.6 Å². The Hall–Kier alpha value is -3.41. The summed E-state index contributed by atoms with van der Waals surface area (Å²) in [6.45, 7) is 8.31. The first-order valence-electron chi connectivity index (χ1n) is 13.7. The lowest BCUT2D eigenvalue weighted by atomic mass is 9.72. The van der Waals surface area contributed by atoms with E-state index in [2.05, 4.69) is 10.2 Å². The predicted octanol–water partition coefficient (Wildman–Crippen LogP) is 4.06. The molecule has 2 aliphatic rings. The molecule has 0 bridgehead atoms. The standard InChI is InChI=1S/C29H39ClN6O5/c1-17-25(23(18(2)31)19(3)37)33-26(21-7-6-8-22(24(21)30)41-14-20(38)13-32-4)34-27(17)36-15-29(16-36)9-11-35(12-10-29)28(39)40-5/h6-8,20,31-32,37-38H,9-16H2,1-5H3/b23-19+,31-18?/t20-/m1/s1. The molecule has 0 radical (unpaired) electrons. The van der Waals surface area contributed by atoms with Crippen LogP contribution in [0.3, 0.4) is 0 Å². The molecule has 1 amide bonds. The van der Waals surface area contributed by atoms with Gasteiger partial charge in [0.1, 0.15) is 30.0 Å². The van der Waals surface area contributed by atoms with Crippen molar-refractivity contribution < 1.29 is 24.5 Å². The number of aliphatic hydroxyl groups is 2. The second kappa shape index (κ2) is 12.6. The molecular formula is C29H39ClN6O5. The zero-order valence-electron chi connectivity index (χ0n) is 24.3. The molecule has 2 aromatic rings. The Kier molecular flexibility index (Phi) is 9.41. The fourth-order valence-corrected chi connectivity index (χ4v) is 5.86. The van der Waals surface area contributed by atoms with Crippen molar-refractivity contribution in [3.05, 3.63) is 40.2 Å². The number of anilines is 1. The second-order valence-electron chi connectivity index (χ2n) is 10.9. The molecule has 1 aromatic carbocycles. The van der Waals surface area contributed by atoms with E-state index in [1.807, 2.05) is 6.92 Å². The highest BCUT2D eigenvalue weighted by Gasteiger charge is 2.47. The number of halogens is 1. The van der Waals surface area contributed by atoms with Crippen LogP contribution in [0.2, 0.25) is 5.02 Å². The van der Waals surface area contributed by atoms with Gasteiger partial charge in [0.05, 0.1) is 23.4 Å². The van der Waals surface area contributed by atoms with E-state index in [1.165, 1.54) is 7.11 Å². The third-order valence-corrected chi connectivity index (χ3v) is 8.17. The Bertz CT molecular complexity index is 1330. The van der Waals surface area contributed by atoms with Crippen molar-refractivity contribution in [3.8, 4) is 17.1 Å². The molecule has 3 heterocycles. The monoisotopic (exact) mass is 586 g/mol. The fourth-order valence-electron chi connectivity index (χ4n) is 5.59. The van der Waals surface area contributed by atoms with Crippen LogP contribution in [0.25, 0.3) is 17.0 Å². The molecule has 4 rings (SSSR count). The van der Waals surface area contributed by atoms with E-state index < -0.39 is 6.10 Å². The smallest absolute Gasteiger partial charge is 0.409 e. The molecule has 0 unspecified atom stereocenters. The van der Waals surface area contributed by atoms with Gasteiger partial charge in [-0.3, -0.25) is 0 Å². The summed E-state index contributed by atoms with van der Waals surface area (Å²) in [5.74, 6) is 1.43. The van der Waals surface area contributed by atoms with E-state index in [1.54, 1.807) is 44.0 Å². The normalized spacial score (nSPS) is 17.5. The molecule has 2 fully saturated rings. The summed E-state index contributed by atoms with van der Waals surface area (Å²) in [6.07, 6.45) is 0.737. The molecule has 4 N–H and O–H groups in total. The summed E-state index contributed by atoms with van der Waals surface area (Å²) in [5, 5.41) is 32.2. The molecule has 12 heteroatoms. The van der Waals surface area contributed by atoms with Gasteiger partial charge < -0.3 is 40.2 Å². The molecule has 2 aliphatic heterocycles. The Labute approximate surface area is 245 Å². The number of aromatic nitrogens is 2. The topological polar surface area (TPSA) is 144 Å². The molecule has 0 saturated carbocycles. The zero-order valence-corrected chi connectivity index (χ0v) is 25.0. The minimum atomic E-state index is -0.706. The van der Waals surface area contributed by atoms with Crippen molar-refractivity contribution in [1.29, 1.82) is 5.41 Å². The number of likely N-dealkylation sites (N-methyl/N-ethyl adjacent to an activating group) is 1. The molecule has 2 saturated heterocycles. The number of aliphatic hydroxyl groups excluding tert-OH is 2. The molecular weight excluding hydrogens is 548 g/mol. The SMILES string of the molecule is CNC[C@@H](O)COc1cccc(-c2nc(/C(C(C)=N)=C(\C)O)c(C)c(N3CC4(CCN(C(=O)OC)CC4)C3)n2)c1Cl. The fraction of sp³-hybridized carbons (Fsp3) is 0.517. The van der Waals surface area contributed by atoms with Gasteiger partial charge in [-0.25, -0.2) is 14.8 Å². The molecule has 0 aliphatic carbocycles. The van der Waals surface area contributed by atoms with Gasteiger partial charge in [-0.1, -0.05) is 17.7 Å². The molecule has 1 aromatic heterocycles. The van der Waals surface area contributed by atoms with E-state index in [9.17, 15) is 15.0 Å². The van der Waals surface area contributed by atoms with Crippen LogP contribution < -0.4 is 15.0 Å². The largest absolute Gasteiger partial charge is 0.512 e. The predicted molar refractivity (Wildman–Crippen MR) is 159 cm³/mol. The summed E-state index contributed by atoms with van der Waals surface area (Å²) in [4.78, 5) is 25.6. The highest BCUT2D eigenvalue weighted by Crippen LogP contribution is 2.44. The number of allylic oxidation sites excluding steroid dienone is 2. The van der Waals surface area contributed by atoms with Crippen molar-refractivity contribution in [2.45, 2.75) is 39.7 Å². The van der Waals surface area contributed by atoms with Crippen molar-refractivity contribution in [3.63, 3.8) is 0 Å². The molecule has 11 nitrogen and oxygen atoms in total. The number of nitrogens with one attached hydrogen (secondary N) is 2. The number of amides is 1. The third-order valence-electron chi connectivity index (χ3n) is 7.78. The van der Waals surface area contributed by atoms with Crippen LogP contribution in [0, 0.1) is 17.7 Å². The first-order valence-corrected chi connectivity index (χ1v) is 14.0. The van der Waals surface area contributed by atoms with Gasteiger partial charge in [0.25, 0.3) is 0 Å². The van der Waals surface area contributed by atoms with Crippen LogP contribution in [0.4, 0.5) is 10.6 Å². The van der Waals surface area contributed by atoms with E-state index >= 15 is 0 Å². The van der Waals surface area contributed by atoms with Gasteiger partial charge in [-0.2, -0.15) is 0 Å². The lowest BCUT2D eigenvalue weighted by Gasteiger charge is -2.54. The number of methoxy groups -OCH3 is 1.